The Kier molecular flexibility index (Phi) is 12.7. The molecular formula is C50H64O14. The lowest BCUT2D eigenvalue weighted by Gasteiger charge is -2.56. The molecule has 2 heterocycles. The lowest BCUT2D eigenvalue weighted by Crippen LogP contribution is -2.60. The van der Waals surface area contributed by atoms with Crippen LogP contribution in [0, 0.1) is 47.3 Å². The van der Waals surface area contributed by atoms with Crippen LogP contribution in [0.5, 0.6) is 11.5 Å². The van der Waals surface area contributed by atoms with E-state index in [-0.39, 0.29) is 35.0 Å². The number of carboxylic acids is 1. The number of esters is 2. The molecule has 2 aliphatic heterocycles. The fourth-order valence-corrected chi connectivity index (χ4v) is 12.4. The minimum absolute atomic E-state index is 0.0664. The van der Waals surface area contributed by atoms with Gasteiger partial charge < -0.3 is 48.8 Å². The third-order valence-corrected chi connectivity index (χ3v) is 15.3. The first kappa shape index (κ1) is 47.2. The Bertz CT molecular complexity index is 2270. The maximum absolute atomic E-state index is 15.2. The largest absolute Gasteiger partial charge is 0.511 e. The van der Waals surface area contributed by atoms with Crippen LogP contribution in [0.25, 0.3) is 0 Å². The number of carboxylic acid groups (broad SMARTS) is 1. The molecular weight excluding hydrogens is 825 g/mol. The molecule has 0 radical (unpaired) electrons. The molecule has 1 saturated carbocycles. The standard InChI is InChI=1S/C50H64O14/c1-23-13-12-14-24(2)37-27(5)18-31-33(62-47-40(52)39(51)41(29(7)61-47)63-45(57)35-26(4)17-30(59-10)19-34(35)60-11)16-15-25(3)38(31)49(37,9)42(53)36-43(54)50(64-46(36)58)21-28(6)32(44(55)56)22-48(50,8)20-23/h14,17-20,22,25,28-29,31,33,37-41,47,51-53H,12-13,15-16,21H2,1-11H3,(H,55,56)/b23-20+,24-14+,42-36?. The van der Waals surface area contributed by atoms with Crippen molar-refractivity contribution in [3.8, 4) is 11.5 Å². The fraction of sp³-hybridized carbons (Fsp3) is 0.600. The van der Waals surface area contributed by atoms with E-state index in [2.05, 4.69) is 19.1 Å². The van der Waals surface area contributed by atoms with Gasteiger partial charge in [0.05, 0.1) is 31.8 Å². The van der Waals surface area contributed by atoms with Crippen molar-refractivity contribution >= 4 is 23.7 Å². The summed E-state index contributed by atoms with van der Waals surface area (Å²) in [4.78, 5) is 55.6. The van der Waals surface area contributed by atoms with Gasteiger partial charge in [-0.3, -0.25) is 4.79 Å². The summed E-state index contributed by atoms with van der Waals surface area (Å²) in [5.41, 5.74) is -1.28. The highest BCUT2D eigenvalue weighted by Crippen LogP contribution is 2.62. The number of Topliss-reactive ketones (excluding diaryl/α,β-unsaturated/α-hetero) is 1. The zero-order valence-electron chi connectivity index (χ0n) is 38.7. The van der Waals surface area contributed by atoms with Crippen LogP contribution < -0.4 is 9.47 Å². The van der Waals surface area contributed by atoms with E-state index < -0.39 is 106 Å². The lowest BCUT2D eigenvalue weighted by molar-refractivity contribution is -0.311. The van der Waals surface area contributed by atoms with Crippen molar-refractivity contribution in [2.45, 2.75) is 137 Å². The van der Waals surface area contributed by atoms with Crippen molar-refractivity contribution in [3.63, 3.8) is 0 Å². The topological polar surface area (TPSA) is 205 Å². The van der Waals surface area contributed by atoms with E-state index in [0.29, 0.717) is 37.0 Å². The Morgan fingerprint density at radius 3 is 2.28 bits per heavy atom. The van der Waals surface area contributed by atoms with Crippen LogP contribution in [-0.4, -0.2) is 101 Å². The Hall–Kier alpha value is -4.76. The highest BCUT2D eigenvalue weighted by atomic mass is 16.7. The van der Waals surface area contributed by atoms with Crippen LogP contribution >= 0.6 is 0 Å². The van der Waals surface area contributed by atoms with Gasteiger partial charge in [0, 0.05) is 35.3 Å². The normalized spacial score (nSPS) is 40.5. The monoisotopic (exact) mass is 888 g/mol. The maximum Gasteiger partial charge on any atom is 0.346 e. The molecule has 1 spiro atoms. The van der Waals surface area contributed by atoms with E-state index in [9.17, 15) is 34.8 Å². The predicted octanol–water partition coefficient (Wildman–Crippen LogP) is 7.05. The van der Waals surface area contributed by atoms with Crippen molar-refractivity contribution in [1.29, 1.82) is 0 Å². The fourth-order valence-electron chi connectivity index (χ4n) is 12.4. The van der Waals surface area contributed by atoms with E-state index in [1.165, 1.54) is 14.2 Å². The van der Waals surface area contributed by atoms with Crippen LogP contribution in [0.1, 0.15) is 103 Å². The van der Waals surface area contributed by atoms with Crippen molar-refractivity contribution < 1.29 is 68.0 Å². The molecule has 14 atom stereocenters. The van der Waals surface area contributed by atoms with Crippen LogP contribution in [0.3, 0.4) is 0 Å². The first-order chi connectivity index (χ1) is 30.0. The lowest BCUT2D eigenvalue weighted by atomic mass is 9.49. The first-order valence-electron chi connectivity index (χ1n) is 22.4. The van der Waals surface area contributed by atoms with Gasteiger partial charge in [-0.2, -0.15) is 0 Å². The summed E-state index contributed by atoms with van der Waals surface area (Å²) in [6, 6.07) is 3.21. The first-order valence-corrected chi connectivity index (χ1v) is 22.4. The Balaban J connectivity index is 1.24. The van der Waals surface area contributed by atoms with Crippen LogP contribution in [0.2, 0.25) is 0 Å². The summed E-state index contributed by atoms with van der Waals surface area (Å²) in [5.74, 6) is -5.18. The molecule has 348 valence electrons. The number of allylic oxidation sites excluding steroid dienone is 5. The number of ether oxygens (including phenoxy) is 6. The van der Waals surface area contributed by atoms with Gasteiger partial charge >= 0.3 is 17.9 Å². The van der Waals surface area contributed by atoms with Gasteiger partial charge in [0.2, 0.25) is 5.78 Å². The Labute approximate surface area is 375 Å². The summed E-state index contributed by atoms with van der Waals surface area (Å²) in [6.07, 6.45) is 2.58. The van der Waals surface area contributed by atoms with Gasteiger partial charge in [-0.15, -0.1) is 0 Å². The zero-order chi connectivity index (χ0) is 47.0. The minimum Gasteiger partial charge on any atom is -0.511 e. The van der Waals surface area contributed by atoms with E-state index >= 15 is 4.79 Å². The number of aliphatic carboxylic acids is 1. The molecule has 1 aromatic carbocycles. The van der Waals surface area contributed by atoms with Crippen LogP contribution in [0.4, 0.5) is 0 Å². The Morgan fingerprint density at radius 2 is 1.62 bits per heavy atom. The average Bonchev–Trinajstić information content (AvgIpc) is 3.47. The number of carbonyl (C=O) groups is 4. The van der Waals surface area contributed by atoms with Crippen molar-refractivity contribution in [1.82, 2.24) is 0 Å². The van der Waals surface area contributed by atoms with Crippen LogP contribution in [-0.2, 0) is 33.3 Å². The minimum atomic E-state index is -1.80. The second-order valence-corrected chi connectivity index (χ2v) is 19.6. The molecule has 2 bridgehead atoms. The molecule has 0 aromatic heterocycles. The quantitative estimate of drug-likeness (QED) is 0.123. The maximum atomic E-state index is 15.2. The molecule has 6 aliphatic rings. The molecule has 1 aromatic rings. The van der Waals surface area contributed by atoms with Gasteiger partial charge in [0.25, 0.3) is 0 Å². The zero-order valence-corrected chi connectivity index (χ0v) is 38.7. The number of fused-ring (bicyclic) bond motifs is 4. The highest BCUT2D eigenvalue weighted by molar-refractivity contribution is 6.26. The third kappa shape index (κ3) is 7.51. The van der Waals surface area contributed by atoms with Gasteiger partial charge in [-0.25, -0.2) is 14.4 Å². The number of rotatable bonds is 7. The number of carbonyl (C=O) groups excluding carboxylic acids is 3. The molecule has 3 fully saturated rings. The van der Waals surface area contributed by atoms with Gasteiger partial charge in [-0.05, 0) is 96.6 Å². The summed E-state index contributed by atoms with van der Waals surface area (Å²) < 4.78 is 35.7. The van der Waals surface area contributed by atoms with Gasteiger partial charge in [-0.1, -0.05) is 61.8 Å². The predicted molar refractivity (Wildman–Crippen MR) is 233 cm³/mol. The molecule has 64 heavy (non-hydrogen) atoms. The average molecular weight is 889 g/mol. The second-order valence-electron chi connectivity index (χ2n) is 19.6. The molecule has 2 saturated heterocycles. The number of ketones is 1. The van der Waals surface area contributed by atoms with Gasteiger partial charge in [0.1, 0.15) is 40.6 Å². The number of benzene rings is 1. The van der Waals surface area contributed by atoms with Crippen molar-refractivity contribution in [3.05, 3.63) is 81.2 Å². The Morgan fingerprint density at radius 1 is 0.922 bits per heavy atom. The summed E-state index contributed by atoms with van der Waals surface area (Å²) in [5, 5.41) is 46.2. The van der Waals surface area contributed by atoms with Crippen molar-refractivity contribution in [2.75, 3.05) is 14.2 Å². The number of aliphatic hydroxyl groups excluding tert-OH is 3. The third-order valence-electron chi connectivity index (χ3n) is 15.3. The number of aryl methyl sites for hydroxylation is 1. The van der Waals surface area contributed by atoms with Crippen LogP contribution in [0.15, 0.2) is 70.1 Å². The molecule has 0 amide bonds. The number of hydrogen-bond donors (Lipinski definition) is 4. The van der Waals surface area contributed by atoms with Crippen molar-refractivity contribution in [2.24, 2.45) is 40.4 Å². The van der Waals surface area contributed by atoms with E-state index in [1.54, 1.807) is 45.9 Å². The second kappa shape index (κ2) is 17.2. The molecule has 4 aliphatic carbocycles. The van der Waals surface area contributed by atoms with E-state index in [4.69, 9.17) is 28.4 Å². The smallest absolute Gasteiger partial charge is 0.346 e. The molecule has 4 N–H and O–H groups in total. The number of aliphatic hydroxyl groups is 3. The molecule has 14 heteroatoms. The summed E-state index contributed by atoms with van der Waals surface area (Å²) in [6.45, 7) is 16.6. The summed E-state index contributed by atoms with van der Waals surface area (Å²) >= 11 is 0. The molecule has 14 nitrogen and oxygen atoms in total. The summed E-state index contributed by atoms with van der Waals surface area (Å²) in [7, 11) is 2.91. The van der Waals surface area contributed by atoms with Gasteiger partial charge in [0.15, 0.2) is 18.0 Å². The SMILES string of the molecule is COc1cc(C)c(C(=O)OC2C(C)OC(OC3CCC(C)C4C3C=C(C)C3/C(C)=C/CC/C(C)=C/C5(C)C=C(C(=O)O)C(C)CC56OC(=O)C(=C(O)C34C)C6=O)C(O)C2O)c(OC)c1. The van der Waals surface area contributed by atoms with E-state index in [1.807, 2.05) is 33.8 Å². The molecule has 7 rings (SSSR count). The highest BCUT2D eigenvalue weighted by Gasteiger charge is 2.67. The number of methoxy groups -OCH3 is 2. The molecule has 14 unspecified atom stereocenters. The van der Waals surface area contributed by atoms with E-state index in [0.717, 1.165) is 16.7 Å². The number of hydrogen-bond acceptors (Lipinski definition) is 13.